The van der Waals surface area contributed by atoms with Crippen molar-refractivity contribution in [1.29, 1.82) is 0 Å². The molecule has 1 amide bonds. The molecular weight excluding hydrogens is 330 g/mol. The SMILES string of the molecule is CCN1CCN(c2ncc(C(=O)Nc3ccccc3OC)c(C)n2)CC1. The van der Waals surface area contributed by atoms with E-state index in [1.54, 1.807) is 25.4 Å². The molecule has 0 atom stereocenters. The minimum atomic E-state index is -0.241. The van der Waals surface area contributed by atoms with Gasteiger partial charge in [0.1, 0.15) is 5.75 Å². The van der Waals surface area contributed by atoms with Gasteiger partial charge in [-0.25, -0.2) is 9.97 Å². The number of carbonyl (C=O) groups is 1. The Bertz CT molecular complexity index is 772. The molecule has 1 aromatic heterocycles. The lowest BCUT2D eigenvalue weighted by Gasteiger charge is -2.34. The van der Waals surface area contributed by atoms with Gasteiger partial charge in [0.05, 0.1) is 24.1 Å². The monoisotopic (exact) mass is 355 g/mol. The van der Waals surface area contributed by atoms with Crippen molar-refractivity contribution in [2.45, 2.75) is 13.8 Å². The van der Waals surface area contributed by atoms with Crippen LogP contribution in [0.15, 0.2) is 30.5 Å². The number of likely N-dealkylation sites (N-methyl/N-ethyl adjacent to an activating group) is 1. The molecule has 0 radical (unpaired) electrons. The third-order valence-electron chi connectivity index (χ3n) is 4.67. The summed E-state index contributed by atoms with van der Waals surface area (Å²) >= 11 is 0. The van der Waals surface area contributed by atoms with Gasteiger partial charge in [0, 0.05) is 32.4 Å². The number of para-hydroxylation sites is 2. The highest BCUT2D eigenvalue weighted by atomic mass is 16.5. The smallest absolute Gasteiger partial charge is 0.259 e. The molecule has 7 nitrogen and oxygen atoms in total. The van der Waals surface area contributed by atoms with Gasteiger partial charge in [-0.05, 0) is 25.6 Å². The summed E-state index contributed by atoms with van der Waals surface area (Å²) in [7, 11) is 1.58. The highest BCUT2D eigenvalue weighted by Crippen LogP contribution is 2.24. The molecule has 1 N–H and O–H groups in total. The summed E-state index contributed by atoms with van der Waals surface area (Å²) in [6.45, 7) is 8.90. The molecule has 138 valence electrons. The van der Waals surface area contributed by atoms with Crippen LogP contribution in [-0.4, -0.2) is 60.6 Å². The molecule has 1 fully saturated rings. The van der Waals surface area contributed by atoms with Crippen LogP contribution in [0.5, 0.6) is 5.75 Å². The number of amides is 1. The predicted octanol–water partition coefficient (Wildman–Crippen LogP) is 2.19. The number of aryl methyl sites for hydroxylation is 1. The average Bonchev–Trinajstić information content (AvgIpc) is 2.68. The minimum Gasteiger partial charge on any atom is -0.495 e. The van der Waals surface area contributed by atoms with Crippen molar-refractivity contribution >= 4 is 17.5 Å². The van der Waals surface area contributed by atoms with Crippen LogP contribution in [-0.2, 0) is 0 Å². The zero-order chi connectivity index (χ0) is 18.5. The van der Waals surface area contributed by atoms with Gasteiger partial charge in [-0.3, -0.25) is 4.79 Å². The van der Waals surface area contributed by atoms with E-state index in [4.69, 9.17) is 4.74 Å². The lowest BCUT2D eigenvalue weighted by atomic mass is 10.2. The van der Waals surface area contributed by atoms with Crippen molar-refractivity contribution in [3.8, 4) is 5.75 Å². The maximum Gasteiger partial charge on any atom is 0.259 e. The van der Waals surface area contributed by atoms with Crippen molar-refractivity contribution in [1.82, 2.24) is 14.9 Å². The molecule has 0 bridgehead atoms. The van der Waals surface area contributed by atoms with Gasteiger partial charge in [0.2, 0.25) is 5.95 Å². The number of hydrogen-bond donors (Lipinski definition) is 1. The number of hydrogen-bond acceptors (Lipinski definition) is 6. The van der Waals surface area contributed by atoms with E-state index in [-0.39, 0.29) is 5.91 Å². The van der Waals surface area contributed by atoms with E-state index in [9.17, 15) is 4.79 Å². The highest BCUT2D eigenvalue weighted by Gasteiger charge is 2.20. The molecule has 1 saturated heterocycles. The molecule has 3 rings (SSSR count). The Hall–Kier alpha value is -2.67. The number of nitrogens with zero attached hydrogens (tertiary/aromatic N) is 4. The summed E-state index contributed by atoms with van der Waals surface area (Å²) in [6.07, 6.45) is 1.61. The number of benzene rings is 1. The first-order chi connectivity index (χ1) is 12.6. The molecular formula is C19H25N5O2. The molecule has 0 aliphatic carbocycles. The summed E-state index contributed by atoms with van der Waals surface area (Å²) in [5, 5.41) is 2.87. The van der Waals surface area contributed by atoms with Crippen molar-refractivity contribution in [3.63, 3.8) is 0 Å². The number of aromatic nitrogens is 2. The van der Waals surface area contributed by atoms with Gasteiger partial charge in [0.15, 0.2) is 0 Å². The predicted molar refractivity (Wildman–Crippen MR) is 102 cm³/mol. The Morgan fingerprint density at radius 2 is 1.96 bits per heavy atom. The van der Waals surface area contributed by atoms with Crippen LogP contribution in [0.4, 0.5) is 11.6 Å². The topological polar surface area (TPSA) is 70.6 Å². The van der Waals surface area contributed by atoms with Crippen molar-refractivity contribution < 1.29 is 9.53 Å². The number of rotatable bonds is 5. The Labute approximate surface area is 154 Å². The summed E-state index contributed by atoms with van der Waals surface area (Å²) in [6, 6.07) is 7.31. The largest absolute Gasteiger partial charge is 0.495 e. The molecule has 1 aliphatic heterocycles. The van der Waals surface area contributed by atoms with Gasteiger partial charge in [-0.15, -0.1) is 0 Å². The highest BCUT2D eigenvalue weighted by molar-refractivity contribution is 6.05. The number of ether oxygens (including phenoxy) is 1. The second-order valence-electron chi connectivity index (χ2n) is 6.24. The molecule has 0 unspecified atom stereocenters. The van der Waals surface area contributed by atoms with E-state index in [0.29, 0.717) is 28.6 Å². The van der Waals surface area contributed by atoms with Crippen LogP contribution in [0, 0.1) is 6.92 Å². The van der Waals surface area contributed by atoms with Gasteiger partial charge < -0.3 is 19.9 Å². The Morgan fingerprint density at radius 3 is 2.62 bits per heavy atom. The standard InChI is InChI=1S/C19H25N5O2/c1-4-23-9-11-24(12-10-23)19-20-13-15(14(2)21-19)18(25)22-16-7-5-6-8-17(16)26-3/h5-8,13H,4,9-12H2,1-3H3,(H,22,25). The van der Waals surface area contributed by atoms with Crippen LogP contribution < -0.4 is 15.0 Å². The molecule has 2 heterocycles. The molecule has 7 heteroatoms. The van der Waals surface area contributed by atoms with E-state index >= 15 is 0 Å². The van der Waals surface area contributed by atoms with Gasteiger partial charge >= 0.3 is 0 Å². The van der Waals surface area contributed by atoms with Crippen molar-refractivity contribution in [2.24, 2.45) is 0 Å². The zero-order valence-corrected chi connectivity index (χ0v) is 15.5. The first-order valence-corrected chi connectivity index (χ1v) is 8.87. The van der Waals surface area contributed by atoms with E-state index in [2.05, 4.69) is 32.0 Å². The van der Waals surface area contributed by atoms with E-state index in [0.717, 1.165) is 32.7 Å². The fourth-order valence-electron chi connectivity index (χ4n) is 3.03. The summed E-state index contributed by atoms with van der Waals surface area (Å²) in [4.78, 5) is 26.2. The number of carbonyl (C=O) groups excluding carboxylic acids is 1. The average molecular weight is 355 g/mol. The third-order valence-corrected chi connectivity index (χ3v) is 4.67. The molecule has 0 saturated carbocycles. The summed E-state index contributed by atoms with van der Waals surface area (Å²) in [5.41, 5.74) is 1.76. The zero-order valence-electron chi connectivity index (χ0n) is 15.5. The third kappa shape index (κ3) is 3.94. The minimum absolute atomic E-state index is 0.241. The second-order valence-corrected chi connectivity index (χ2v) is 6.24. The molecule has 1 aliphatic rings. The van der Waals surface area contributed by atoms with Gasteiger partial charge in [0.25, 0.3) is 5.91 Å². The second kappa shape index (κ2) is 8.14. The number of nitrogens with one attached hydrogen (secondary N) is 1. The summed E-state index contributed by atoms with van der Waals surface area (Å²) < 4.78 is 5.27. The quantitative estimate of drug-likeness (QED) is 0.887. The number of methoxy groups -OCH3 is 1. The molecule has 1 aromatic carbocycles. The Morgan fingerprint density at radius 1 is 1.23 bits per heavy atom. The van der Waals surface area contributed by atoms with Crippen LogP contribution in [0.1, 0.15) is 23.0 Å². The maximum atomic E-state index is 12.6. The van der Waals surface area contributed by atoms with E-state index in [1.807, 2.05) is 19.1 Å². The Kier molecular flexibility index (Phi) is 5.68. The van der Waals surface area contributed by atoms with Crippen LogP contribution in [0.2, 0.25) is 0 Å². The molecule has 26 heavy (non-hydrogen) atoms. The van der Waals surface area contributed by atoms with E-state index < -0.39 is 0 Å². The number of piperazine rings is 1. The van der Waals surface area contributed by atoms with Crippen LogP contribution in [0.3, 0.4) is 0 Å². The lowest BCUT2D eigenvalue weighted by Crippen LogP contribution is -2.46. The summed E-state index contributed by atoms with van der Waals surface area (Å²) in [5.74, 6) is 1.06. The fourth-order valence-corrected chi connectivity index (χ4v) is 3.03. The Balaban J connectivity index is 1.72. The van der Waals surface area contributed by atoms with Gasteiger partial charge in [-0.2, -0.15) is 0 Å². The first kappa shape index (κ1) is 18.1. The van der Waals surface area contributed by atoms with Crippen LogP contribution >= 0.6 is 0 Å². The van der Waals surface area contributed by atoms with Crippen molar-refractivity contribution in [3.05, 3.63) is 41.7 Å². The normalized spacial score (nSPS) is 15.0. The van der Waals surface area contributed by atoms with E-state index in [1.165, 1.54) is 0 Å². The lowest BCUT2D eigenvalue weighted by molar-refractivity contribution is 0.102. The number of anilines is 2. The maximum absolute atomic E-state index is 12.6. The molecule has 2 aromatic rings. The fraction of sp³-hybridized carbons (Fsp3) is 0.421. The van der Waals surface area contributed by atoms with Crippen LogP contribution in [0.25, 0.3) is 0 Å². The molecule has 0 spiro atoms. The van der Waals surface area contributed by atoms with Crippen molar-refractivity contribution in [2.75, 3.05) is 50.1 Å². The van der Waals surface area contributed by atoms with Gasteiger partial charge in [-0.1, -0.05) is 19.1 Å². The first-order valence-electron chi connectivity index (χ1n) is 8.87.